The van der Waals surface area contributed by atoms with Crippen LogP contribution in [0.3, 0.4) is 0 Å². The van der Waals surface area contributed by atoms with Crippen molar-refractivity contribution in [3.05, 3.63) is 11.6 Å². The third-order valence-corrected chi connectivity index (χ3v) is 5.95. The third kappa shape index (κ3) is 4.84. The lowest BCUT2D eigenvalue weighted by atomic mass is 9.96. The molecule has 3 rings (SSSR count). The Kier molecular flexibility index (Phi) is 7.06. The van der Waals surface area contributed by atoms with Crippen LogP contribution in [0.25, 0.3) is 0 Å². The Morgan fingerprint density at radius 1 is 1.08 bits per heavy atom. The lowest BCUT2D eigenvalue weighted by molar-refractivity contribution is -0.132. The lowest BCUT2D eigenvalue weighted by Crippen LogP contribution is -2.39. The highest BCUT2D eigenvalue weighted by molar-refractivity contribution is 5.76. The number of piperidine rings is 2. The number of carbonyl (C=O) groups is 1. The molecule has 0 spiro atoms. The van der Waals surface area contributed by atoms with Crippen molar-refractivity contribution < 1.29 is 4.79 Å². The molecule has 0 aromatic carbocycles. The number of nitrogens with zero attached hydrogens (tertiary/aromatic N) is 5. The lowest BCUT2D eigenvalue weighted by Gasteiger charge is -2.32. The Balaban J connectivity index is 1.58. The smallest absolute Gasteiger partial charge is 0.222 e. The van der Waals surface area contributed by atoms with E-state index in [4.69, 9.17) is 0 Å². The van der Waals surface area contributed by atoms with Gasteiger partial charge < -0.3 is 9.47 Å². The van der Waals surface area contributed by atoms with E-state index in [-0.39, 0.29) is 0 Å². The van der Waals surface area contributed by atoms with Crippen molar-refractivity contribution in [2.75, 3.05) is 26.2 Å². The molecule has 3 heterocycles. The fraction of sp³-hybridized carbons (Fsp3) is 0.850. The fourth-order valence-corrected chi connectivity index (χ4v) is 4.28. The normalized spacial score (nSPS) is 21.9. The third-order valence-electron chi connectivity index (χ3n) is 5.95. The van der Waals surface area contributed by atoms with Crippen molar-refractivity contribution in [3.8, 4) is 0 Å². The Hall–Kier alpha value is -1.43. The van der Waals surface area contributed by atoms with E-state index < -0.39 is 0 Å². The van der Waals surface area contributed by atoms with E-state index in [1.807, 2.05) is 0 Å². The van der Waals surface area contributed by atoms with Gasteiger partial charge in [0, 0.05) is 32.5 Å². The van der Waals surface area contributed by atoms with Crippen LogP contribution in [0.2, 0.25) is 0 Å². The predicted octanol–water partition coefficient (Wildman–Crippen LogP) is 3.09. The number of likely N-dealkylation sites (tertiary alicyclic amines) is 2. The highest BCUT2D eigenvalue weighted by Gasteiger charge is 2.28. The summed E-state index contributed by atoms with van der Waals surface area (Å²) in [6, 6.07) is 0. The van der Waals surface area contributed by atoms with E-state index in [1.165, 1.54) is 32.4 Å². The van der Waals surface area contributed by atoms with Gasteiger partial charge in [-0.3, -0.25) is 9.69 Å². The maximum absolute atomic E-state index is 12.5. The molecule has 2 saturated heterocycles. The molecule has 6 nitrogen and oxygen atoms in total. The molecule has 2 aliphatic heterocycles. The number of rotatable bonds is 7. The standard InChI is InChI=1S/C20H35N5O/c1-3-4-6-11-19(26)25-14-9-10-17(15-25)20-22-21-18(23(20)2)16-24-12-7-5-8-13-24/h17H,3-16H2,1-2H3/t17-/m0/s1. The van der Waals surface area contributed by atoms with Gasteiger partial charge in [0.15, 0.2) is 0 Å². The second-order valence-electron chi connectivity index (χ2n) is 8.01. The summed E-state index contributed by atoms with van der Waals surface area (Å²) in [5, 5.41) is 9.01. The zero-order chi connectivity index (χ0) is 18.4. The second kappa shape index (κ2) is 9.49. The van der Waals surface area contributed by atoms with E-state index in [0.717, 1.165) is 63.4 Å². The monoisotopic (exact) mass is 361 g/mol. The molecule has 0 bridgehead atoms. The van der Waals surface area contributed by atoms with Crippen LogP contribution in [0, 0.1) is 0 Å². The first-order valence-electron chi connectivity index (χ1n) is 10.6. The second-order valence-corrected chi connectivity index (χ2v) is 8.01. The summed E-state index contributed by atoms with van der Waals surface area (Å²) >= 11 is 0. The van der Waals surface area contributed by atoms with Crippen LogP contribution < -0.4 is 0 Å². The van der Waals surface area contributed by atoms with Crippen molar-refractivity contribution >= 4 is 5.91 Å². The first-order chi connectivity index (χ1) is 12.7. The molecular weight excluding hydrogens is 326 g/mol. The van der Waals surface area contributed by atoms with Crippen molar-refractivity contribution in [3.63, 3.8) is 0 Å². The Morgan fingerprint density at radius 3 is 2.65 bits per heavy atom. The SMILES string of the molecule is CCCCCC(=O)N1CCC[C@H](c2nnc(CN3CCCCC3)n2C)C1. The molecular formula is C20H35N5O. The van der Waals surface area contributed by atoms with E-state index in [1.54, 1.807) is 0 Å². The van der Waals surface area contributed by atoms with Crippen molar-refractivity contribution in [2.45, 2.75) is 77.2 Å². The average molecular weight is 362 g/mol. The molecule has 0 aliphatic carbocycles. The number of aromatic nitrogens is 3. The van der Waals surface area contributed by atoms with Gasteiger partial charge in [0.2, 0.25) is 5.91 Å². The Bertz CT molecular complexity index is 579. The summed E-state index contributed by atoms with van der Waals surface area (Å²) in [4.78, 5) is 17.0. The summed E-state index contributed by atoms with van der Waals surface area (Å²) in [7, 11) is 2.09. The van der Waals surface area contributed by atoms with Gasteiger partial charge in [0.25, 0.3) is 0 Å². The first kappa shape index (κ1) is 19.3. The average Bonchev–Trinajstić information content (AvgIpc) is 3.03. The zero-order valence-electron chi connectivity index (χ0n) is 16.6. The highest BCUT2D eigenvalue weighted by Crippen LogP contribution is 2.26. The predicted molar refractivity (Wildman–Crippen MR) is 103 cm³/mol. The molecule has 0 N–H and O–H groups in total. The van der Waals surface area contributed by atoms with E-state index >= 15 is 0 Å². The maximum atomic E-state index is 12.5. The van der Waals surface area contributed by atoms with Crippen molar-refractivity contribution in [1.29, 1.82) is 0 Å². The molecule has 6 heteroatoms. The van der Waals surface area contributed by atoms with Gasteiger partial charge in [-0.2, -0.15) is 0 Å². The van der Waals surface area contributed by atoms with E-state index in [0.29, 0.717) is 18.2 Å². The van der Waals surface area contributed by atoms with Crippen LogP contribution in [0.5, 0.6) is 0 Å². The van der Waals surface area contributed by atoms with Crippen LogP contribution in [0.15, 0.2) is 0 Å². The van der Waals surface area contributed by atoms with Gasteiger partial charge in [-0.05, 0) is 45.2 Å². The van der Waals surface area contributed by atoms with Gasteiger partial charge in [0.1, 0.15) is 11.6 Å². The van der Waals surface area contributed by atoms with Gasteiger partial charge in [0.05, 0.1) is 6.54 Å². The summed E-state index contributed by atoms with van der Waals surface area (Å²) in [6.45, 7) is 7.13. The minimum atomic E-state index is 0.318. The highest BCUT2D eigenvalue weighted by atomic mass is 16.2. The number of unbranched alkanes of at least 4 members (excludes halogenated alkanes) is 2. The molecule has 1 aromatic heterocycles. The molecule has 1 aromatic rings. The largest absolute Gasteiger partial charge is 0.342 e. The number of hydrogen-bond donors (Lipinski definition) is 0. The summed E-state index contributed by atoms with van der Waals surface area (Å²) < 4.78 is 2.18. The van der Waals surface area contributed by atoms with Crippen LogP contribution >= 0.6 is 0 Å². The van der Waals surface area contributed by atoms with E-state index in [2.05, 4.69) is 38.5 Å². The van der Waals surface area contributed by atoms with Crippen LogP contribution in [-0.4, -0.2) is 56.7 Å². The van der Waals surface area contributed by atoms with Crippen LogP contribution in [0.4, 0.5) is 0 Å². The summed E-state index contributed by atoms with van der Waals surface area (Å²) in [5.74, 6) is 2.77. The molecule has 0 saturated carbocycles. The first-order valence-corrected chi connectivity index (χ1v) is 10.6. The molecule has 0 radical (unpaired) electrons. The van der Waals surface area contributed by atoms with Crippen LogP contribution in [-0.2, 0) is 18.4 Å². The molecule has 1 atom stereocenters. The topological polar surface area (TPSA) is 54.3 Å². The van der Waals surface area contributed by atoms with Gasteiger partial charge in [-0.1, -0.05) is 26.2 Å². The molecule has 2 fully saturated rings. The van der Waals surface area contributed by atoms with Crippen molar-refractivity contribution in [2.24, 2.45) is 7.05 Å². The Morgan fingerprint density at radius 2 is 1.88 bits per heavy atom. The molecule has 2 aliphatic rings. The van der Waals surface area contributed by atoms with Crippen LogP contribution in [0.1, 0.15) is 82.3 Å². The zero-order valence-corrected chi connectivity index (χ0v) is 16.6. The van der Waals surface area contributed by atoms with Gasteiger partial charge >= 0.3 is 0 Å². The molecule has 1 amide bonds. The minimum absolute atomic E-state index is 0.318. The number of hydrogen-bond acceptors (Lipinski definition) is 4. The molecule has 0 unspecified atom stereocenters. The number of carbonyl (C=O) groups excluding carboxylic acids is 1. The quantitative estimate of drug-likeness (QED) is 0.700. The van der Waals surface area contributed by atoms with Gasteiger partial charge in [-0.25, -0.2) is 0 Å². The van der Waals surface area contributed by atoms with Crippen molar-refractivity contribution in [1.82, 2.24) is 24.6 Å². The minimum Gasteiger partial charge on any atom is -0.342 e. The summed E-state index contributed by atoms with van der Waals surface area (Å²) in [5.41, 5.74) is 0. The van der Waals surface area contributed by atoms with E-state index in [9.17, 15) is 4.79 Å². The fourth-order valence-electron chi connectivity index (χ4n) is 4.28. The van der Waals surface area contributed by atoms with Gasteiger partial charge in [-0.15, -0.1) is 10.2 Å². The number of amides is 1. The maximum Gasteiger partial charge on any atom is 0.222 e. The molecule has 26 heavy (non-hydrogen) atoms. The molecule has 146 valence electrons. The summed E-state index contributed by atoms with van der Waals surface area (Å²) in [6.07, 6.45) is 10.1. The Labute approximate surface area is 157 Å².